The quantitative estimate of drug-likeness (QED) is 0.776. The number of piperidine rings is 1. The van der Waals surface area contributed by atoms with E-state index < -0.39 is 0 Å². The summed E-state index contributed by atoms with van der Waals surface area (Å²) in [7, 11) is 0. The Labute approximate surface area is 160 Å². The molecule has 27 heavy (non-hydrogen) atoms. The second kappa shape index (κ2) is 8.57. The predicted molar refractivity (Wildman–Crippen MR) is 105 cm³/mol. The van der Waals surface area contributed by atoms with Gasteiger partial charge in [-0.05, 0) is 43.7 Å². The van der Waals surface area contributed by atoms with E-state index in [9.17, 15) is 4.79 Å². The zero-order chi connectivity index (χ0) is 18.5. The van der Waals surface area contributed by atoms with Crippen LogP contribution < -0.4 is 10.1 Å². The number of hydrogen-bond donors (Lipinski definition) is 1. The number of carbonyl (C=O) groups excluding carboxylic acids is 1. The predicted octanol–water partition coefficient (Wildman–Crippen LogP) is 3.34. The molecule has 0 spiro atoms. The number of amides is 1. The molecular formula is C21H28N4O2. The van der Waals surface area contributed by atoms with Crippen LogP contribution >= 0.6 is 0 Å². The van der Waals surface area contributed by atoms with Crippen LogP contribution in [-0.4, -0.2) is 46.8 Å². The van der Waals surface area contributed by atoms with Crippen molar-refractivity contribution in [2.45, 2.75) is 38.1 Å². The van der Waals surface area contributed by atoms with Gasteiger partial charge in [0, 0.05) is 25.7 Å². The highest BCUT2D eigenvalue weighted by Gasteiger charge is 2.28. The summed E-state index contributed by atoms with van der Waals surface area (Å²) in [4.78, 5) is 14.9. The third kappa shape index (κ3) is 5.10. The molecule has 1 N–H and O–H groups in total. The second-order valence-corrected chi connectivity index (χ2v) is 7.60. The number of hydrogen-bond acceptors (Lipinski definition) is 4. The van der Waals surface area contributed by atoms with Crippen LogP contribution in [0, 0.1) is 5.92 Å². The highest BCUT2D eigenvalue weighted by molar-refractivity contribution is 5.89. The molecule has 1 aromatic heterocycles. The van der Waals surface area contributed by atoms with Gasteiger partial charge in [0.1, 0.15) is 11.6 Å². The van der Waals surface area contributed by atoms with Gasteiger partial charge in [0.25, 0.3) is 0 Å². The summed E-state index contributed by atoms with van der Waals surface area (Å²) in [6.07, 6.45) is 7.09. The Balaban J connectivity index is 1.24. The number of likely N-dealkylation sites (tertiary alicyclic amines) is 1. The maximum Gasteiger partial charge on any atom is 0.228 e. The molecule has 1 aliphatic heterocycles. The average molecular weight is 368 g/mol. The van der Waals surface area contributed by atoms with Crippen LogP contribution in [0.2, 0.25) is 0 Å². The van der Waals surface area contributed by atoms with Gasteiger partial charge in [-0.15, -0.1) is 0 Å². The summed E-state index contributed by atoms with van der Waals surface area (Å²) >= 11 is 0. The van der Waals surface area contributed by atoms with Crippen molar-refractivity contribution in [3.05, 3.63) is 42.6 Å². The largest absolute Gasteiger partial charge is 0.493 e. The fraction of sp³-hybridized carbons (Fsp3) is 0.524. The third-order valence-electron chi connectivity index (χ3n) is 5.40. The molecule has 1 saturated heterocycles. The first-order valence-corrected chi connectivity index (χ1v) is 10.0. The Hall–Kier alpha value is -2.34. The van der Waals surface area contributed by atoms with Gasteiger partial charge in [-0.3, -0.25) is 4.79 Å². The van der Waals surface area contributed by atoms with Gasteiger partial charge in [0.2, 0.25) is 5.91 Å². The smallest absolute Gasteiger partial charge is 0.228 e. The minimum atomic E-state index is -0.0427. The molecule has 1 aliphatic carbocycles. The lowest BCUT2D eigenvalue weighted by atomic mass is 10.0. The molecule has 2 aliphatic rings. The first kappa shape index (κ1) is 18.0. The van der Waals surface area contributed by atoms with E-state index >= 15 is 0 Å². The number of rotatable bonds is 8. The van der Waals surface area contributed by atoms with Crippen LogP contribution in [0.3, 0.4) is 0 Å². The molecule has 2 aromatic rings. The molecule has 144 valence electrons. The van der Waals surface area contributed by atoms with Crippen LogP contribution in [0.5, 0.6) is 5.75 Å². The topological polar surface area (TPSA) is 59.4 Å². The highest BCUT2D eigenvalue weighted by atomic mass is 16.5. The SMILES string of the molecule is O=C(CCOc1ccccc1)Nc1ccnn1C1CCN(CC2CC2)CC1. The first-order valence-electron chi connectivity index (χ1n) is 10.0. The maximum atomic E-state index is 12.3. The van der Waals surface area contributed by atoms with Crippen molar-refractivity contribution >= 4 is 11.7 Å². The van der Waals surface area contributed by atoms with E-state index in [1.54, 1.807) is 6.20 Å². The number of nitrogens with one attached hydrogen (secondary N) is 1. The summed E-state index contributed by atoms with van der Waals surface area (Å²) in [5.41, 5.74) is 0. The molecule has 0 radical (unpaired) electrons. The van der Waals surface area contributed by atoms with Crippen molar-refractivity contribution in [3.8, 4) is 5.75 Å². The molecule has 0 unspecified atom stereocenters. The van der Waals surface area contributed by atoms with Crippen molar-refractivity contribution in [1.82, 2.24) is 14.7 Å². The lowest BCUT2D eigenvalue weighted by Crippen LogP contribution is -2.36. The Bertz CT molecular complexity index is 734. The number of aromatic nitrogens is 2. The summed E-state index contributed by atoms with van der Waals surface area (Å²) < 4.78 is 7.59. The van der Waals surface area contributed by atoms with Crippen molar-refractivity contribution < 1.29 is 9.53 Å². The van der Waals surface area contributed by atoms with Gasteiger partial charge in [-0.25, -0.2) is 4.68 Å². The summed E-state index contributed by atoms with van der Waals surface area (Å²) in [6, 6.07) is 11.8. The van der Waals surface area contributed by atoms with Crippen LogP contribution in [0.25, 0.3) is 0 Å². The number of carbonyl (C=O) groups is 1. The molecule has 2 fully saturated rings. The van der Waals surface area contributed by atoms with Gasteiger partial charge >= 0.3 is 0 Å². The van der Waals surface area contributed by atoms with Crippen molar-refractivity contribution in [2.75, 3.05) is 31.6 Å². The molecule has 6 heteroatoms. The molecule has 2 heterocycles. The minimum Gasteiger partial charge on any atom is -0.493 e. The summed E-state index contributed by atoms with van der Waals surface area (Å²) in [5, 5.41) is 7.47. The van der Waals surface area contributed by atoms with E-state index in [1.807, 2.05) is 41.1 Å². The normalized spacial score (nSPS) is 18.4. The fourth-order valence-electron chi connectivity index (χ4n) is 3.70. The van der Waals surface area contributed by atoms with Crippen molar-refractivity contribution in [3.63, 3.8) is 0 Å². The molecular weight excluding hydrogens is 340 g/mol. The number of para-hydroxylation sites is 1. The van der Waals surface area contributed by atoms with Crippen molar-refractivity contribution in [1.29, 1.82) is 0 Å². The lowest BCUT2D eigenvalue weighted by molar-refractivity contribution is -0.116. The van der Waals surface area contributed by atoms with E-state index in [0.29, 0.717) is 19.1 Å². The lowest BCUT2D eigenvalue weighted by Gasteiger charge is -2.32. The van der Waals surface area contributed by atoms with Gasteiger partial charge in [-0.1, -0.05) is 18.2 Å². The van der Waals surface area contributed by atoms with Crippen LogP contribution in [0.15, 0.2) is 42.6 Å². The minimum absolute atomic E-state index is 0.0427. The van der Waals surface area contributed by atoms with Crippen molar-refractivity contribution in [2.24, 2.45) is 5.92 Å². The molecule has 1 saturated carbocycles. The number of anilines is 1. The average Bonchev–Trinajstić information content (AvgIpc) is 3.39. The zero-order valence-electron chi connectivity index (χ0n) is 15.7. The van der Waals surface area contributed by atoms with E-state index in [4.69, 9.17) is 4.74 Å². The molecule has 4 rings (SSSR count). The molecule has 1 aromatic carbocycles. The molecule has 0 bridgehead atoms. The molecule has 0 atom stereocenters. The van der Waals surface area contributed by atoms with Gasteiger partial charge in [0.05, 0.1) is 25.3 Å². The second-order valence-electron chi connectivity index (χ2n) is 7.60. The Morgan fingerprint density at radius 3 is 2.63 bits per heavy atom. The summed E-state index contributed by atoms with van der Waals surface area (Å²) in [6.45, 7) is 3.87. The van der Waals surface area contributed by atoms with Gasteiger partial charge in [0.15, 0.2) is 0 Å². The van der Waals surface area contributed by atoms with Gasteiger partial charge < -0.3 is 15.0 Å². The number of benzene rings is 1. The van der Waals surface area contributed by atoms with E-state index in [2.05, 4.69) is 15.3 Å². The monoisotopic (exact) mass is 368 g/mol. The highest BCUT2D eigenvalue weighted by Crippen LogP contribution is 2.32. The molecule has 6 nitrogen and oxygen atoms in total. The zero-order valence-corrected chi connectivity index (χ0v) is 15.7. The Kier molecular flexibility index (Phi) is 5.72. The van der Waals surface area contributed by atoms with Gasteiger partial charge in [-0.2, -0.15) is 5.10 Å². The summed E-state index contributed by atoms with van der Waals surface area (Å²) in [5.74, 6) is 2.48. The van der Waals surface area contributed by atoms with Crippen LogP contribution in [-0.2, 0) is 4.79 Å². The maximum absolute atomic E-state index is 12.3. The first-order chi connectivity index (χ1) is 13.3. The standard InChI is InChI=1S/C21H28N4O2/c26-21(11-15-27-19-4-2-1-3-5-19)23-20-8-12-22-25(20)18-9-13-24(14-10-18)16-17-6-7-17/h1-5,8,12,17-18H,6-7,9-11,13-16H2,(H,23,26). The van der Waals surface area contributed by atoms with Crippen LogP contribution in [0.1, 0.15) is 38.1 Å². The van der Waals surface area contributed by atoms with E-state index in [1.165, 1.54) is 19.4 Å². The Morgan fingerprint density at radius 2 is 1.89 bits per heavy atom. The number of ether oxygens (including phenoxy) is 1. The molecule has 1 amide bonds. The van der Waals surface area contributed by atoms with E-state index in [-0.39, 0.29) is 5.91 Å². The Morgan fingerprint density at radius 1 is 1.11 bits per heavy atom. The third-order valence-corrected chi connectivity index (χ3v) is 5.40. The number of nitrogens with zero attached hydrogens (tertiary/aromatic N) is 3. The van der Waals surface area contributed by atoms with E-state index in [0.717, 1.165) is 43.4 Å². The fourth-order valence-corrected chi connectivity index (χ4v) is 3.70. The van der Waals surface area contributed by atoms with Crippen LogP contribution in [0.4, 0.5) is 5.82 Å².